The van der Waals surface area contributed by atoms with Gasteiger partial charge in [-0.3, -0.25) is 14.5 Å². The van der Waals surface area contributed by atoms with E-state index >= 15 is 0 Å². The van der Waals surface area contributed by atoms with Crippen molar-refractivity contribution in [2.24, 2.45) is 11.3 Å². The van der Waals surface area contributed by atoms with Crippen LogP contribution in [0.3, 0.4) is 0 Å². The molecule has 2 aliphatic rings. The number of ketones is 1. The Morgan fingerprint density at radius 3 is 2.45 bits per heavy atom. The molecule has 0 N–H and O–H groups in total. The van der Waals surface area contributed by atoms with Crippen molar-refractivity contribution in [1.29, 1.82) is 0 Å². The van der Waals surface area contributed by atoms with Crippen LogP contribution in [0, 0.1) is 18.3 Å². The topological polar surface area (TPSA) is 72.9 Å². The van der Waals surface area contributed by atoms with Crippen LogP contribution >= 0.6 is 0 Å². The maximum atomic E-state index is 12.7. The predicted octanol–water partition coefficient (Wildman–Crippen LogP) is 4.82. The average molecular weight is 432 g/mol. The van der Waals surface area contributed by atoms with Gasteiger partial charge >= 0.3 is 6.09 Å². The number of hydrogen-bond acceptors (Lipinski definition) is 5. The van der Waals surface area contributed by atoms with Gasteiger partial charge in [0.1, 0.15) is 18.5 Å². The van der Waals surface area contributed by atoms with Crippen molar-refractivity contribution in [3.8, 4) is 0 Å². The lowest BCUT2D eigenvalue weighted by Crippen LogP contribution is -2.48. The lowest BCUT2D eigenvalue weighted by molar-refractivity contribution is -0.127. The van der Waals surface area contributed by atoms with Crippen molar-refractivity contribution in [2.75, 3.05) is 13.7 Å². The molecule has 1 aromatic rings. The van der Waals surface area contributed by atoms with Crippen molar-refractivity contribution in [3.63, 3.8) is 0 Å². The van der Waals surface area contributed by atoms with Gasteiger partial charge < -0.3 is 9.47 Å². The number of methoxy groups -OCH3 is 1. The number of nitrogens with zero attached hydrogens (tertiary/aromatic N) is 1. The summed E-state index contributed by atoms with van der Waals surface area (Å²) in [5, 5.41) is 0. The fourth-order valence-corrected chi connectivity index (χ4v) is 4.93. The van der Waals surface area contributed by atoms with Crippen molar-refractivity contribution in [2.45, 2.75) is 78.5 Å². The summed E-state index contributed by atoms with van der Waals surface area (Å²) in [6, 6.07) is 7.15. The molecule has 2 fully saturated rings. The van der Waals surface area contributed by atoms with Crippen LogP contribution in [0.1, 0.15) is 69.8 Å². The molecule has 1 heterocycles. The summed E-state index contributed by atoms with van der Waals surface area (Å²) in [6.45, 7) is 12.0. The number of carbonyl (C=O) groups is 3. The van der Waals surface area contributed by atoms with Crippen molar-refractivity contribution >= 4 is 18.2 Å². The molecule has 1 aromatic carbocycles. The van der Waals surface area contributed by atoms with Gasteiger partial charge in [-0.05, 0) is 64.4 Å². The first-order valence-corrected chi connectivity index (χ1v) is 10.9. The molecule has 1 saturated heterocycles. The molecule has 0 spiro atoms. The second-order valence-corrected chi connectivity index (χ2v) is 10.3. The summed E-state index contributed by atoms with van der Waals surface area (Å²) >= 11 is 0. The van der Waals surface area contributed by atoms with E-state index in [2.05, 4.69) is 13.8 Å². The minimum atomic E-state index is -0.560. The number of Topliss-reactive ketones (excluding diaryl/α,β-unsaturated/α-hetero) is 1. The number of hydrogen-bond donors (Lipinski definition) is 0. The standard InChI is InChI=1S/C17H29NO4.C8H8O/c1-11-7-14-17(5,8-11)9-12(13(19)10-21-6)18(14)15(20)22-16(2,3)4;1-7-3-2-4-8(5-7)6-9/h11-12,14H,7-10H2,1-6H3;2-6H,1H3/t11?,12?,14?,17-;/m0./s1. The predicted molar refractivity (Wildman–Crippen MR) is 120 cm³/mol. The van der Waals surface area contributed by atoms with E-state index < -0.39 is 11.6 Å². The second kappa shape index (κ2) is 9.94. The van der Waals surface area contributed by atoms with Crippen LogP contribution in [0.15, 0.2) is 24.3 Å². The Bertz CT molecular complexity index is 799. The summed E-state index contributed by atoms with van der Waals surface area (Å²) < 4.78 is 10.6. The van der Waals surface area contributed by atoms with Crippen LogP contribution < -0.4 is 0 Å². The van der Waals surface area contributed by atoms with E-state index in [1.54, 1.807) is 11.0 Å². The third-order valence-corrected chi connectivity index (χ3v) is 6.02. The summed E-state index contributed by atoms with van der Waals surface area (Å²) in [5.41, 5.74) is 1.31. The zero-order chi connectivity index (χ0) is 23.4. The number of ether oxygens (including phenoxy) is 2. The molecular formula is C25H37NO5. The largest absolute Gasteiger partial charge is 0.444 e. The van der Waals surface area contributed by atoms with E-state index in [4.69, 9.17) is 9.47 Å². The van der Waals surface area contributed by atoms with Crippen LogP contribution in [-0.2, 0) is 14.3 Å². The number of aldehydes is 1. The van der Waals surface area contributed by atoms with Gasteiger partial charge in [0.2, 0.25) is 0 Å². The molecule has 31 heavy (non-hydrogen) atoms. The molecule has 0 bridgehead atoms. The smallest absolute Gasteiger partial charge is 0.411 e. The third-order valence-electron chi connectivity index (χ3n) is 6.02. The van der Waals surface area contributed by atoms with E-state index in [0.29, 0.717) is 12.3 Å². The number of benzene rings is 1. The lowest BCUT2D eigenvalue weighted by atomic mass is 9.82. The van der Waals surface area contributed by atoms with Gasteiger partial charge in [0, 0.05) is 18.7 Å². The SMILES string of the molecule is COCC(=O)C1C[C@]2(C)CC(C)CC2N1C(=O)OC(C)(C)C.Cc1cccc(C=O)c1. The quantitative estimate of drug-likeness (QED) is 0.639. The minimum Gasteiger partial charge on any atom is -0.444 e. The third kappa shape index (κ3) is 6.39. The number of amides is 1. The van der Waals surface area contributed by atoms with Gasteiger partial charge in [-0.15, -0.1) is 0 Å². The van der Waals surface area contributed by atoms with Gasteiger partial charge in [0.25, 0.3) is 0 Å². The van der Waals surface area contributed by atoms with E-state index in [-0.39, 0.29) is 29.9 Å². The fourth-order valence-electron chi connectivity index (χ4n) is 4.93. The average Bonchev–Trinajstić information content (AvgIpc) is 3.09. The molecule has 4 atom stereocenters. The van der Waals surface area contributed by atoms with Crippen molar-refractivity contribution in [3.05, 3.63) is 35.4 Å². The molecule has 3 rings (SSSR count). The maximum Gasteiger partial charge on any atom is 0.411 e. The molecule has 6 nitrogen and oxygen atoms in total. The zero-order valence-corrected chi connectivity index (χ0v) is 19.9. The summed E-state index contributed by atoms with van der Waals surface area (Å²) in [4.78, 5) is 37.0. The first kappa shape index (κ1) is 25.1. The highest BCUT2D eigenvalue weighted by Gasteiger charge is 2.57. The summed E-state index contributed by atoms with van der Waals surface area (Å²) in [7, 11) is 1.51. The van der Waals surface area contributed by atoms with E-state index in [0.717, 1.165) is 30.3 Å². The zero-order valence-electron chi connectivity index (χ0n) is 19.9. The first-order chi connectivity index (χ1) is 14.4. The van der Waals surface area contributed by atoms with Crippen LogP contribution in [-0.4, -0.2) is 54.5 Å². The molecule has 1 aliphatic heterocycles. The highest BCUT2D eigenvalue weighted by Crippen LogP contribution is 2.53. The maximum absolute atomic E-state index is 12.7. The molecule has 1 saturated carbocycles. The second-order valence-electron chi connectivity index (χ2n) is 10.3. The molecule has 0 radical (unpaired) electrons. The molecular weight excluding hydrogens is 394 g/mol. The van der Waals surface area contributed by atoms with Crippen molar-refractivity contribution < 1.29 is 23.9 Å². The molecule has 172 valence electrons. The van der Waals surface area contributed by atoms with Gasteiger partial charge in [0.15, 0.2) is 5.78 Å². The highest BCUT2D eigenvalue weighted by atomic mass is 16.6. The van der Waals surface area contributed by atoms with Gasteiger partial charge in [-0.25, -0.2) is 4.79 Å². The van der Waals surface area contributed by atoms with Crippen molar-refractivity contribution in [1.82, 2.24) is 4.90 Å². The minimum absolute atomic E-state index is 0.00435. The first-order valence-electron chi connectivity index (χ1n) is 10.9. The number of rotatable bonds is 4. The van der Waals surface area contributed by atoms with E-state index in [1.807, 2.05) is 45.9 Å². The Morgan fingerprint density at radius 1 is 1.26 bits per heavy atom. The molecule has 1 aliphatic carbocycles. The summed E-state index contributed by atoms with van der Waals surface area (Å²) in [6.07, 6.45) is 3.18. The van der Waals surface area contributed by atoms with Gasteiger partial charge in [-0.2, -0.15) is 0 Å². The Morgan fingerprint density at radius 2 is 1.94 bits per heavy atom. The lowest BCUT2D eigenvalue weighted by Gasteiger charge is -2.33. The van der Waals surface area contributed by atoms with E-state index in [1.165, 1.54) is 7.11 Å². The number of fused-ring (bicyclic) bond motifs is 1. The van der Waals surface area contributed by atoms with Crippen LogP contribution in [0.4, 0.5) is 4.79 Å². The molecule has 3 unspecified atom stereocenters. The molecule has 6 heteroatoms. The van der Waals surface area contributed by atoms with Crippen LogP contribution in [0.5, 0.6) is 0 Å². The highest BCUT2D eigenvalue weighted by molar-refractivity contribution is 5.89. The van der Waals surface area contributed by atoms with Crippen LogP contribution in [0.25, 0.3) is 0 Å². The van der Waals surface area contributed by atoms with Gasteiger partial charge in [0.05, 0.1) is 6.04 Å². The number of carbonyl (C=O) groups excluding carboxylic acids is 3. The monoisotopic (exact) mass is 431 g/mol. The Balaban J connectivity index is 0.000000316. The van der Waals surface area contributed by atoms with E-state index in [9.17, 15) is 14.4 Å². The molecule has 0 aromatic heterocycles. The summed E-state index contributed by atoms with van der Waals surface area (Å²) in [5.74, 6) is 0.537. The Labute approximate surface area is 186 Å². The Kier molecular flexibility index (Phi) is 8.04. The Hall–Kier alpha value is -2.21. The van der Waals surface area contributed by atoms with Crippen LogP contribution in [0.2, 0.25) is 0 Å². The number of likely N-dealkylation sites (tertiary alicyclic amines) is 1. The normalized spacial score (nSPS) is 27.2. The molecule has 1 amide bonds. The number of aryl methyl sites for hydroxylation is 1. The fraction of sp³-hybridized carbons (Fsp3) is 0.640. The van der Waals surface area contributed by atoms with Gasteiger partial charge in [-0.1, -0.05) is 37.6 Å².